The Morgan fingerprint density at radius 3 is 2.09 bits per heavy atom. The van der Waals surface area contributed by atoms with Gasteiger partial charge in [-0.25, -0.2) is 4.79 Å². The number of carbonyl (C=O) groups is 1. The van der Waals surface area contributed by atoms with E-state index in [1.165, 1.54) is 18.2 Å². The maximum Gasteiger partial charge on any atom is 0.401 e. The Bertz CT molecular complexity index is 522. The minimum Gasteiger partial charge on any atom is -0.459 e. The molecular formula is C14H16Cl2F3NO2. The summed E-state index contributed by atoms with van der Waals surface area (Å²) in [5.74, 6) is -0.838. The van der Waals surface area contributed by atoms with Crippen LogP contribution in [0.4, 0.5) is 13.2 Å². The molecule has 0 aliphatic heterocycles. The molecule has 0 amide bonds. The number of benzene rings is 1. The van der Waals surface area contributed by atoms with Crippen LogP contribution in [-0.4, -0.2) is 24.3 Å². The third-order valence-corrected chi connectivity index (χ3v) is 2.80. The molecule has 1 aromatic carbocycles. The number of halogens is 5. The van der Waals surface area contributed by atoms with Crippen molar-refractivity contribution in [2.45, 2.75) is 38.6 Å². The first kappa shape index (κ1) is 19.1. The summed E-state index contributed by atoms with van der Waals surface area (Å²) in [5.41, 5.74) is -0.631. The highest BCUT2D eigenvalue weighted by Gasteiger charge is 2.33. The van der Waals surface area contributed by atoms with Gasteiger partial charge in [-0.2, -0.15) is 13.2 Å². The van der Waals surface area contributed by atoms with E-state index in [9.17, 15) is 18.0 Å². The Kier molecular flexibility index (Phi) is 6.12. The first-order valence-electron chi connectivity index (χ1n) is 6.36. The van der Waals surface area contributed by atoms with E-state index in [2.05, 4.69) is 5.32 Å². The SMILES string of the molecule is CC(C)(C)OC(=O)C(NCC(F)(F)F)c1cc(Cl)cc(Cl)c1. The van der Waals surface area contributed by atoms with Gasteiger partial charge < -0.3 is 4.74 Å². The molecule has 0 bridgehead atoms. The quantitative estimate of drug-likeness (QED) is 0.804. The minimum atomic E-state index is -4.47. The molecule has 1 N–H and O–H groups in total. The van der Waals surface area contributed by atoms with Gasteiger partial charge in [0.15, 0.2) is 0 Å². The second-order valence-corrected chi connectivity index (χ2v) is 6.54. The van der Waals surface area contributed by atoms with Crippen LogP contribution in [-0.2, 0) is 9.53 Å². The first-order chi connectivity index (χ1) is 9.87. The number of carbonyl (C=O) groups excluding carboxylic acids is 1. The third kappa shape index (κ3) is 6.85. The number of nitrogens with one attached hydrogen (secondary N) is 1. The first-order valence-corrected chi connectivity index (χ1v) is 7.12. The number of esters is 1. The van der Waals surface area contributed by atoms with E-state index in [4.69, 9.17) is 27.9 Å². The zero-order valence-electron chi connectivity index (χ0n) is 12.2. The molecule has 0 fully saturated rings. The number of ether oxygens (including phenoxy) is 1. The molecular weight excluding hydrogens is 342 g/mol. The lowest BCUT2D eigenvalue weighted by Gasteiger charge is -2.25. The van der Waals surface area contributed by atoms with Gasteiger partial charge >= 0.3 is 12.1 Å². The normalized spacial score (nSPS) is 13.8. The lowest BCUT2D eigenvalue weighted by atomic mass is 10.1. The molecule has 8 heteroatoms. The Morgan fingerprint density at radius 1 is 1.18 bits per heavy atom. The smallest absolute Gasteiger partial charge is 0.401 e. The van der Waals surface area contributed by atoms with Crippen molar-refractivity contribution in [3.8, 4) is 0 Å². The summed E-state index contributed by atoms with van der Waals surface area (Å²) >= 11 is 11.7. The second-order valence-electron chi connectivity index (χ2n) is 5.67. The summed E-state index contributed by atoms with van der Waals surface area (Å²) in [7, 11) is 0. The lowest BCUT2D eigenvalue weighted by Crippen LogP contribution is -2.39. The number of rotatable bonds is 4. The molecule has 1 rings (SSSR count). The molecule has 0 aromatic heterocycles. The number of hydrogen-bond acceptors (Lipinski definition) is 3. The highest BCUT2D eigenvalue weighted by Crippen LogP contribution is 2.26. The van der Waals surface area contributed by atoms with Crippen molar-refractivity contribution in [3.63, 3.8) is 0 Å². The van der Waals surface area contributed by atoms with E-state index in [1.807, 2.05) is 0 Å². The summed E-state index contributed by atoms with van der Waals surface area (Å²) in [6, 6.07) is 2.83. The van der Waals surface area contributed by atoms with E-state index < -0.39 is 30.3 Å². The van der Waals surface area contributed by atoms with Gasteiger partial charge in [0.25, 0.3) is 0 Å². The lowest BCUT2D eigenvalue weighted by molar-refractivity contribution is -0.159. The van der Waals surface area contributed by atoms with Crippen molar-refractivity contribution < 1.29 is 22.7 Å². The molecule has 1 atom stereocenters. The van der Waals surface area contributed by atoms with Crippen LogP contribution in [0.1, 0.15) is 32.4 Å². The molecule has 3 nitrogen and oxygen atoms in total. The largest absolute Gasteiger partial charge is 0.459 e. The predicted octanol–water partition coefficient (Wildman–Crippen LogP) is 4.53. The average molecular weight is 358 g/mol. The van der Waals surface area contributed by atoms with Gasteiger partial charge in [0.2, 0.25) is 0 Å². The molecule has 22 heavy (non-hydrogen) atoms. The van der Waals surface area contributed by atoms with Crippen LogP contribution < -0.4 is 5.32 Å². The van der Waals surface area contributed by atoms with Crippen molar-refractivity contribution >= 4 is 29.2 Å². The molecule has 0 heterocycles. The Labute approximate surface area is 136 Å². The molecule has 0 spiro atoms. The monoisotopic (exact) mass is 357 g/mol. The van der Waals surface area contributed by atoms with Crippen molar-refractivity contribution in [1.82, 2.24) is 5.32 Å². The molecule has 0 saturated carbocycles. The van der Waals surface area contributed by atoms with Crippen molar-refractivity contribution in [2.24, 2.45) is 0 Å². The van der Waals surface area contributed by atoms with Crippen LogP contribution >= 0.6 is 23.2 Å². The molecule has 0 radical (unpaired) electrons. The summed E-state index contributed by atoms with van der Waals surface area (Å²) in [6.45, 7) is 3.52. The van der Waals surface area contributed by atoms with Gasteiger partial charge in [0, 0.05) is 10.0 Å². The Hall–Kier alpha value is -0.980. The van der Waals surface area contributed by atoms with Gasteiger partial charge in [-0.05, 0) is 44.5 Å². The van der Waals surface area contributed by atoms with Crippen LogP contribution in [0.15, 0.2) is 18.2 Å². The summed E-state index contributed by atoms with van der Waals surface area (Å²) < 4.78 is 42.4. The maximum atomic E-state index is 12.4. The average Bonchev–Trinajstić information content (AvgIpc) is 2.23. The van der Waals surface area contributed by atoms with Crippen LogP contribution in [0.2, 0.25) is 10.0 Å². The maximum absolute atomic E-state index is 12.4. The Balaban J connectivity index is 3.07. The molecule has 0 aliphatic rings. The fourth-order valence-electron chi connectivity index (χ4n) is 1.66. The second kappa shape index (κ2) is 7.06. The topological polar surface area (TPSA) is 38.3 Å². The highest BCUT2D eigenvalue weighted by atomic mass is 35.5. The number of alkyl halides is 3. The molecule has 124 valence electrons. The van der Waals surface area contributed by atoms with E-state index in [-0.39, 0.29) is 15.6 Å². The molecule has 0 saturated heterocycles. The third-order valence-electron chi connectivity index (χ3n) is 2.37. The van der Waals surface area contributed by atoms with Crippen molar-refractivity contribution in [1.29, 1.82) is 0 Å². The minimum absolute atomic E-state index is 0.205. The van der Waals surface area contributed by atoms with E-state index >= 15 is 0 Å². The fraction of sp³-hybridized carbons (Fsp3) is 0.500. The highest BCUT2D eigenvalue weighted by molar-refractivity contribution is 6.34. The van der Waals surface area contributed by atoms with Gasteiger partial charge in [0.05, 0.1) is 6.54 Å². The van der Waals surface area contributed by atoms with Crippen molar-refractivity contribution in [2.75, 3.05) is 6.54 Å². The van der Waals surface area contributed by atoms with E-state index in [0.29, 0.717) is 0 Å². The summed E-state index contributed by atoms with van der Waals surface area (Å²) in [5, 5.41) is 2.56. The molecule has 0 aliphatic carbocycles. The van der Waals surface area contributed by atoms with Gasteiger partial charge in [-0.15, -0.1) is 0 Å². The zero-order valence-corrected chi connectivity index (χ0v) is 13.7. The van der Waals surface area contributed by atoms with Crippen LogP contribution in [0.5, 0.6) is 0 Å². The van der Waals surface area contributed by atoms with Crippen molar-refractivity contribution in [3.05, 3.63) is 33.8 Å². The fourth-order valence-corrected chi connectivity index (χ4v) is 2.20. The van der Waals surface area contributed by atoms with Gasteiger partial charge in [-0.1, -0.05) is 23.2 Å². The van der Waals surface area contributed by atoms with Gasteiger partial charge in [-0.3, -0.25) is 5.32 Å². The molecule has 1 aromatic rings. The number of hydrogen-bond donors (Lipinski definition) is 1. The predicted molar refractivity (Wildman–Crippen MR) is 79.1 cm³/mol. The Morgan fingerprint density at radius 2 is 1.68 bits per heavy atom. The zero-order chi connectivity index (χ0) is 17.1. The van der Waals surface area contributed by atoms with E-state index in [0.717, 1.165) is 0 Å². The van der Waals surface area contributed by atoms with Crippen LogP contribution in [0.3, 0.4) is 0 Å². The van der Waals surface area contributed by atoms with Crippen LogP contribution in [0.25, 0.3) is 0 Å². The standard InChI is InChI=1S/C14H16Cl2F3NO2/c1-13(2,3)22-12(21)11(20-7-14(17,18)19)8-4-9(15)6-10(16)5-8/h4-6,11,20H,7H2,1-3H3. The summed E-state index contributed by atoms with van der Waals surface area (Å²) in [6.07, 6.45) is -4.47. The summed E-state index contributed by atoms with van der Waals surface area (Å²) in [4.78, 5) is 12.2. The van der Waals surface area contributed by atoms with Gasteiger partial charge in [0.1, 0.15) is 11.6 Å². The molecule has 1 unspecified atom stereocenters. The van der Waals surface area contributed by atoms with Crippen LogP contribution in [0, 0.1) is 0 Å². The van der Waals surface area contributed by atoms with E-state index in [1.54, 1.807) is 20.8 Å².